The minimum absolute atomic E-state index is 0.341. The Hall–Kier alpha value is -2.03. The maximum atomic E-state index is 4.45. The monoisotopic (exact) mass is 269 g/mol. The summed E-state index contributed by atoms with van der Waals surface area (Å²) < 4.78 is 0. The molecule has 3 heteroatoms. The second kappa shape index (κ2) is 6.94. The first-order chi connectivity index (χ1) is 9.70. The molecule has 0 aliphatic rings. The van der Waals surface area contributed by atoms with Crippen LogP contribution in [0.4, 0.5) is 11.5 Å². The second-order valence-electron chi connectivity index (χ2n) is 5.20. The molecule has 1 aromatic heterocycles. The van der Waals surface area contributed by atoms with Crippen LogP contribution in [0.3, 0.4) is 0 Å². The highest BCUT2D eigenvalue weighted by atomic mass is 15.1. The molecule has 20 heavy (non-hydrogen) atoms. The van der Waals surface area contributed by atoms with Crippen molar-refractivity contribution < 1.29 is 0 Å². The summed E-state index contributed by atoms with van der Waals surface area (Å²) in [7, 11) is 4.00. The molecule has 3 nitrogen and oxygen atoms in total. The Kier molecular flexibility index (Phi) is 4.99. The van der Waals surface area contributed by atoms with Crippen LogP contribution in [0, 0.1) is 0 Å². The molecule has 0 radical (unpaired) electrons. The van der Waals surface area contributed by atoms with E-state index in [1.807, 2.05) is 31.3 Å². The van der Waals surface area contributed by atoms with E-state index in [1.165, 1.54) is 5.56 Å². The van der Waals surface area contributed by atoms with Crippen molar-refractivity contribution in [3.8, 4) is 0 Å². The van der Waals surface area contributed by atoms with Gasteiger partial charge in [0.25, 0.3) is 0 Å². The van der Waals surface area contributed by atoms with E-state index < -0.39 is 0 Å². The summed E-state index contributed by atoms with van der Waals surface area (Å²) in [5, 5.41) is 3.58. The van der Waals surface area contributed by atoms with Crippen molar-refractivity contribution in [1.82, 2.24) is 4.98 Å². The SMILES string of the molecule is CCCC(Nc1ccc(N(C)C)nc1)c1ccccc1. The molecule has 0 fully saturated rings. The van der Waals surface area contributed by atoms with Crippen LogP contribution in [0.1, 0.15) is 31.4 Å². The smallest absolute Gasteiger partial charge is 0.128 e. The average Bonchev–Trinajstić information content (AvgIpc) is 2.48. The molecule has 0 bridgehead atoms. The van der Waals surface area contributed by atoms with Gasteiger partial charge >= 0.3 is 0 Å². The Balaban J connectivity index is 2.12. The van der Waals surface area contributed by atoms with E-state index in [0.29, 0.717) is 6.04 Å². The lowest BCUT2D eigenvalue weighted by molar-refractivity contribution is 0.677. The molecule has 0 aliphatic heterocycles. The minimum Gasteiger partial charge on any atom is -0.377 e. The van der Waals surface area contributed by atoms with Gasteiger partial charge in [-0.05, 0) is 24.1 Å². The van der Waals surface area contributed by atoms with E-state index >= 15 is 0 Å². The van der Waals surface area contributed by atoms with Crippen LogP contribution in [0.25, 0.3) is 0 Å². The number of nitrogens with zero attached hydrogens (tertiary/aromatic N) is 2. The van der Waals surface area contributed by atoms with Crippen LogP contribution in [0.5, 0.6) is 0 Å². The van der Waals surface area contributed by atoms with Gasteiger partial charge in [0.1, 0.15) is 5.82 Å². The van der Waals surface area contributed by atoms with Gasteiger partial charge in [-0.1, -0.05) is 43.7 Å². The molecular formula is C17H23N3. The Morgan fingerprint density at radius 2 is 1.85 bits per heavy atom. The summed E-state index contributed by atoms with van der Waals surface area (Å²) in [6, 6.07) is 15.1. The fourth-order valence-electron chi connectivity index (χ4n) is 2.23. The standard InChI is InChI=1S/C17H23N3/c1-4-8-16(14-9-6-5-7-10-14)19-15-11-12-17(18-13-15)20(2)3/h5-7,9-13,16,19H,4,8H2,1-3H3. The third-order valence-corrected chi connectivity index (χ3v) is 3.33. The zero-order chi connectivity index (χ0) is 14.4. The molecule has 0 saturated heterocycles. The predicted molar refractivity (Wildman–Crippen MR) is 86.3 cm³/mol. The Labute approximate surface area is 121 Å². The maximum Gasteiger partial charge on any atom is 0.128 e. The van der Waals surface area contributed by atoms with Crippen molar-refractivity contribution in [2.24, 2.45) is 0 Å². The molecule has 2 rings (SSSR count). The molecule has 0 saturated carbocycles. The molecule has 2 aromatic rings. The van der Waals surface area contributed by atoms with Gasteiger partial charge in [-0.3, -0.25) is 0 Å². The number of rotatable bonds is 6. The highest BCUT2D eigenvalue weighted by molar-refractivity contribution is 5.49. The van der Waals surface area contributed by atoms with Gasteiger partial charge in [-0.25, -0.2) is 4.98 Å². The van der Waals surface area contributed by atoms with Crippen molar-refractivity contribution >= 4 is 11.5 Å². The number of hydrogen-bond acceptors (Lipinski definition) is 3. The molecule has 1 atom stereocenters. The third kappa shape index (κ3) is 3.73. The molecule has 0 aliphatic carbocycles. The fourth-order valence-corrected chi connectivity index (χ4v) is 2.23. The number of anilines is 2. The summed E-state index contributed by atoms with van der Waals surface area (Å²) in [4.78, 5) is 6.45. The average molecular weight is 269 g/mol. The van der Waals surface area contributed by atoms with Gasteiger partial charge in [0.15, 0.2) is 0 Å². The molecule has 0 spiro atoms. The lowest BCUT2D eigenvalue weighted by atomic mass is 10.0. The van der Waals surface area contributed by atoms with Crippen LogP contribution < -0.4 is 10.2 Å². The van der Waals surface area contributed by atoms with Crippen LogP contribution >= 0.6 is 0 Å². The molecule has 1 unspecified atom stereocenters. The number of hydrogen-bond donors (Lipinski definition) is 1. The Morgan fingerprint density at radius 1 is 1.10 bits per heavy atom. The van der Waals surface area contributed by atoms with Gasteiger partial charge in [0.05, 0.1) is 17.9 Å². The van der Waals surface area contributed by atoms with E-state index in [4.69, 9.17) is 0 Å². The van der Waals surface area contributed by atoms with E-state index in [2.05, 4.69) is 53.6 Å². The van der Waals surface area contributed by atoms with Gasteiger partial charge in [-0.2, -0.15) is 0 Å². The number of nitrogens with one attached hydrogen (secondary N) is 1. The third-order valence-electron chi connectivity index (χ3n) is 3.33. The van der Waals surface area contributed by atoms with Crippen molar-refractivity contribution in [2.45, 2.75) is 25.8 Å². The van der Waals surface area contributed by atoms with Gasteiger partial charge in [0, 0.05) is 14.1 Å². The highest BCUT2D eigenvalue weighted by Crippen LogP contribution is 2.24. The molecule has 1 N–H and O–H groups in total. The van der Waals surface area contributed by atoms with Crippen molar-refractivity contribution in [2.75, 3.05) is 24.3 Å². The normalized spacial score (nSPS) is 11.9. The maximum absolute atomic E-state index is 4.45. The number of pyridine rings is 1. The molecular weight excluding hydrogens is 246 g/mol. The van der Waals surface area contributed by atoms with Crippen molar-refractivity contribution in [1.29, 1.82) is 0 Å². The quantitative estimate of drug-likeness (QED) is 0.855. The van der Waals surface area contributed by atoms with E-state index in [9.17, 15) is 0 Å². The number of aromatic nitrogens is 1. The fraction of sp³-hybridized carbons (Fsp3) is 0.353. The molecule has 0 amide bonds. The largest absolute Gasteiger partial charge is 0.377 e. The van der Waals surface area contributed by atoms with Gasteiger partial charge < -0.3 is 10.2 Å². The summed E-state index contributed by atoms with van der Waals surface area (Å²) in [6.45, 7) is 2.21. The van der Waals surface area contributed by atoms with Gasteiger partial charge in [0.2, 0.25) is 0 Å². The van der Waals surface area contributed by atoms with Crippen molar-refractivity contribution in [3.05, 3.63) is 54.2 Å². The highest BCUT2D eigenvalue weighted by Gasteiger charge is 2.10. The Morgan fingerprint density at radius 3 is 2.40 bits per heavy atom. The first-order valence-corrected chi connectivity index (χ1v) is 7.15. The van der Waals surface area contributed by atoms with Gasteiger partial charge in [-0.15, -0.1) is 0 Å². The van der Waals surface area contributed by atoms with E-state index in [0.717, 1.165) is 24.3 Å². The molecule has 1 aromatic carbocycles. The topological polar surface area (TPSA) is 28.2 Å². The second-order valence-corrected chi connectivity index (χ2v) is 5.20. The van der Waals surface area contributed by atoms with Crippen LogP contribution in [-0.4, -0.2) is 19.1 Å². The lowest BCUT2D eigenvalue weighted by Crippen LogP contribution is -2.12. The van der Waals surface area contributed by atoms with E-state index in [1.54, 1.807) is 0 Å². The lowest BCUT2D eigenvalue weighted by Gasteiger charge is -2.20. The van der Waals surface area contributed by atoms with Crippen LogP contribution in [0.2, 0.25) is 0 Å². The van der Waals surface area contributed by atoms with Crippen LogP contribution in [-0.2, 0) is 0 Å². The first-order valence-electron chi connectivity index (χ1n) is 7.15. The summed E-state index contributed by atoms with van der Waals surface area (Å²) in [5.41, 5.74) is 2.39. The summed E-state index contributed by atoms with van der Waals surface area (Å²) >= 11 is 0. The summed E-state index contributed by atoms with van der Waals surface area (Å²) in [6.07, 6.45) is 4.16. The first kappa shape index (κ1) is 14.4. The molecule has 1 heterocycles. The minimum atomic E-state index is 0.341. The number of benzene rings is 1. The van der Waals surface area contributed by atoms with E-state index in [-0.39, 0.29) is 0 Å². The zero-order valence-electron chi connectivity index (χ0n) is 12.5. The predicted octanol–water partition coefficient (Wildman–Crippen LogP) is 4.10. The van der Waals surface area contributed by atoms with Crippen molar-refractivity contribution in [3.63, 3.8) is 0 Å². The summed E-state index contributed by atoms with van der Waals surface area (Å²) in [5.74, 6) is 0.974. The van der Waals surface area contributed by atoms with Crippen LogP contribution in [0.15, 0.2) is 48.7 Å². The zero-order valence-corrected chi connectivity index (χ0v) is 12.5. The Bertz CT molecular complexity index is 506. The molecule has 106 valence electrons.